The minimum Gasteiger partial charge on any atom is -0.494 e. The lowest BCUT2D eigenvalue weighted by atomic mass is 10.2. The van der Waals surface area contributed by atoms with Crippen LogP contribution in [0.1, 0.15) is 32.6 Å². The Bertz CT molecular complexity index is 523. The number of benzene rings is 1. The topological polar surface area (TPSA) is 60.2 Å². The Morgan fingerprint density at radius 1 is 1.05 bits per heavy atom. The highest BCUT2D eigenvalue weighted by Gasteiger charge is 1.98. The van der Waals surface area contributed by atoms with Crippen LogP contribution in [0, 0.1) is 0 Å². The van der Waals surface area contributed by atoms with E-state index in [9.17, 15) is 0 Å². The van der Waals surface area contributed by atoms with Crippen LogP contribution in [-0.2, 0) is 0 Å². The minimum absolute atomic E-state index is 0.660. The molecule has 2 rings (SSSR count). The van der Waals surface area contributed by atoms with Crippen LogP contribution in [0.5, 0.6) is 5.75 Å². The number of nitrogens with zero attached hydrogens (tertiary/aromatic N) is 1. The molecule has 1 aromatic carbocycles. The van der Waals surface area contributed by atoms with Crippen LogP contribution in [-0.4, -0.2) is 11.6 Å². The molecule has 0 unspecified atom stereocenters. The Balaban J connectivity index is 1.80. The van der Waals surface area contributed by atoms with E-state index in [0.717, 1.165) is 30.3 Å². The van der Waals surface area contributed by atoms with E-state index < -0.39 is 0 Å². The van der Waals surface area contributed by atoms with Crippen LogP contribution in [0.4, 0.5) is 17.2 Å². The molecule has 0 bridgehead atoms. The van der Waals surface area contributed by atoms with Gasteiger partial charge in [0.1, 0.15) is 11.6 Å². The summed E-state index contributed by atoms with van der Waals surface area (Å²) < 4.78 is 5.71. The number of hydrogen-bond acceptors (Lipinski definition) is 4. The Hall–Kier alpha value is -2.23. The monoisotopic (exact) mass is 285 g/mol. The molecular weight excluding hydrogens is 262 g/mol. The molecule has 0 aliphatic rings. The van der Waals surface area contributed by atoms with Crippen LogP contribution in [0.2, 0.25) is 0 Å². The van der Waals surface area contributed by atoms with Crippen molar-refractivity contribution >= 4 is 17.2 Å². The van der Waals surface area contributed by atoms with Gasteiger partial charge < -0.3 is 15.8 Å². The third-order valence-corrected chi connectivity index (χ3v) is 3.18. The fourth-order valence-corrected chi connectivity index (χ4v) is 1.98. The number of nitrogen functional groups attached to an aromatic ring is 1. The molecular formula is C17H23N3O. The number of unbranched alkanes of at least 4 members (excludes halogenated alkanes) is 3. The van der Waals surface area contributed by atoms with E-state index in [0.29, 0.717) is 5.69 Å². The van der Waals surface area contributed by atoms with Gasteiger partial charge in [-0.05, 0) is 42.8 Å². The van der Waals surface area contributed by atoms with Gasteiger partial charge >= 0.3 is 0 Å². The molecule has 0 aliphatic heterocycles. The largest absolute Gasteiger partial charge is 0.494 e. The number of anilines is 3. The summed E-state index contributed by atoms with van der Waals surface area (Å²) in [5.74, 6) is 1.68. The average molecular weight is 285 g/mol. The molecule has 0 atom stereocenters. The van der Waals surface area contributed by atoms with Crippen LogP contribution in [0.15, 0.2) is 42.6 Å². The molecule has 2 aromatic rings. The van der Waals surface area contributed by atoms with Crippen molar-refractivity contribution in [3.63, 3.8) is 0 Å². The van der Waals surface area contributed by atoms with E-state index in [1.54, 1.807) is 6.20 Å². The van der Waals surface area contributed by atoms with E-state index in [1.165, 1.54) is 19.3 Å². The van der Waals surface area contributed by atoms with E-state index >= 15 is 0 Å². The number of rotatable bonds is 8. The number of nitrogens with one attached hydrogen (secondary N) is 1. The Morgan fingerprint density at radius 2 is 1.86 bits per heavy atom. The summed E-state index contributed by atoms with van der Waals surface area (Å²) in [7, 11) is 0. The summed E-state index contributed by atoms with van der Waals surface area (Å²) >= 11 is 0. The molecule has 4 heteroatoms. The first-order valence-electron chi connectivity index (χ1n) is 7.49. The van der Waals surface area contributed by atoms with Gasteiger partial charge in [0.25, 0.3) is 0 Å². The van der Waals surface area contributed by atoms with Crippen molar-refractivity contribution in [1.29, 1.82) is 0 Å². The molecule has 0 radical (unpaired) electrons. The van der Waals surface area contributed by atoms with Crippen LogP contribution >= 0.6 is 0 Å². The maximum absolute atomic E-state index is 5.71. The molecule has 0 spiro atoms. The molecule has 112 valence electrons. The Morgan fingerprint density at radius 3 is 2.52 bits per heavy atom. The highest BCUT2D eigenvalue weighted by molar-refractivity contribution is 5.58. The van der Waals surface area contributed by atoms with Gasteiger partial charge in [-0.15, -0.1) is 0 Å². The second-order valence-corrected chi connectivity index (χ2v) is 5.04. The van der Waals surface area contributed by atoms with Gasteiger partial charge in [0.2, 0.25) is 0 Å². The van der Waals surface area contributed by atoms with Crippen molar-refractivity contribution in [1.82, 2.24) is 4.98 Å². The molecule has 4 nitrogen and oxygen atoms in total. The smallest absolute Gasteiger partial charge is 0.130 e. The first-order chi connectivity index (χ1) is 10.3. The van der Waals surface area contributed by atoms with Gasteiger partial charge in [-0.1, -0.05) is 26.2 Å². The second kappa shape index (κ2) is 8.15. The average Bonchev–Trinajstić information content (AvgIpc) is 2.51. The fourth-order valence-electron chi connectivity index (χ4n) is 1.98. The van der Waals surface area contributed by atoms with Gasteiger partial charge in [0, 0.05) is 5.69 Å². The summed E-state index contributed by atoms with van der Waals surface area (Å²) in [6, 6.07) is 11.6. The highest BCUT2D eigenvalue weighted by Crippen LogP contribution is 2.19. The molecule has 0 fully saturated rings. The fraction of sp³-hybridized carbons (Fsp3) is 0.353. The summed E-state index contributed by atoms with van der Waals surface area (Å²) in [6.45, 7) is 2.99. The zero-order chi connectivity index (χ0) is 14.9. The molecule has 0 saturated heterocycles. The van der Waals surface area contributed by atoms with Crippen LogP contribution < -0.4 is 15.8 Å². The number of nitrogens with two attached hydrogens (primary N) is 1. The molecule has 0 saturated carbocycles. The van der Waals surface area contributed by atoms with Gasteiger partial charge in [0.05, 0.1) is 18.5 Å². The second-order valence-electron chi connectivity index (χ2n) is 5.04. The summed E-state index contributed by atoms with van der Waals surface area (Å²) in [4.78, 5) is 4.21. The van der Waals surface area contributed by atoms with E-state index in [2.05, 4.69) is 17.2 Å². The zero-order valence-electron chi connectivity index (χ0n) is 12.5. The van der Waals surface area contributed by atoms with Crippen LogP contribution in [0.3, 0.4) is 0 Å². The van der Waals surface area contributed by atoms with Gasteiger partial charge in [-0.3, -0.25) is 0 Å². The Kier molecular flexibility index (Phi) is 5.88. The number of ether oxygens (including phenoxy) is 1. The first kappa shape index (κ1) is 15.2. The van der Waals surface area contributed by atoms with E-state index in [1.807, 2.05) is 36.4 Å². The predicted molar refractivity (Wildman–Crippen MR) is 88.0 cm³/mol. The maximum atomic E-state index is 5.71. The standard InChI is InChI=1S/C17H23N3O/c1-2-3-4-5-12-21-16-9-7-15(8-10-16)20-17-11-6-14(18)13-19-17/h6-11,13H,2-5,12,18H2,1H3,(H,19,20). The van der Waals surface area contributed by atoms with Crippen molar-refractivity contribution < 1.29 is 4.74 Å². The van der Waals surface area contributed by atoms with Crippen LogP contribution in [0.25, 0.3) is 0 Å². The normalized spacial score (nSPS) is 10.3. The Labute approximate surface area is 126 Å². The quantitative estimate of drug-likeness (QED) is 0.707. The van der Waals surface area contributed by atoms with Gasteiger partial charge in [-0.2, -0.15) is 0 Å². The van der Waals surface area contributed by atoms with Crippen molar-refractivity contribution in [3.8, 4) is 5.75 Å². The van der Waals surface area contributed by atoms with Crippen molar-refractivity contribution in [3.05, 3.63) is 42.6 Å². The lowest BCUT2D eigenvalue weighted by Crippen LogP contribution is -1.98. The summed E-state index contributed by atoms with van der Waals surface area (Å²) in [5, 5.41) is 3.22. The number of hydrogen-bond donors (Lipinski definition) is 2. The maximum Gasteiger partial charge on any atom is 0.130 e. The third-order valence-electron chi connectivity index (χ3n) is 3.18. The number of pyridine rings is 1. The van der Waals surface area contributed by atoms with E-state index in [4.69, 9.17) is 10.5 Å². The molecule has 0 aliphatic carbocycles. The lowest BCUT2D eigenvalue weighted by Gasteiger charge is -2.08. The van der Waals surface area contributed by atoms with Crippen molar-refractivity contribution in [2.24, 2.45) is 0 Å². The molecule has 0 amide bonds. The minimum atomic E-state index is 0.660. The molecule has 3 N–H and O–H groups in total. The third kappa shape index (κ3) is 5.34. The molecule has 1 aromatic heterocycles. The zero-order valence-corrected chi connectivity index (χ0v) is 12.5. The number of aromatic nitrogens is 1. The van der Waals surface area contributed by atoms with Gasteiger partial charge in [-0.25, -0.2) is 4.98 Å². The van der Waals surface area contributed by atoms with Crippen molar-refractivity contribution in [2.75, 3.05) is 17.7 Å². The van der Waals surface area contributed by atoms with E-state index in [-0.39, 0.29) is 0 Å². The summed E-state index contributed by atoms with van der Waals surface area (Å²) in [5.41, 5.74) is 7.25. The lowest BCUT2D eigenvalue weighted by molar-refractivity contribution is 0.305. The molecule has 1 heterocycles. The SMILES string of the molecule is CCCCCCOc1ccc(Nc2ccc(N)cn2)cc1. The van der Waals surface area contributed by atoms with Gasteiger partial charge in [0.15, 0.2) is 0 Å². The first-order valence-corrected chi connectivity index (χ1v) is 7.49. The predicted octanol–water partition coefficient (Wildman–Crippen LogP) is 4.37. The summed E-state index contributed by atoms with van der Waals surface area (Å²) in [6.07, 6.45) is 6.51. The molecule has 21 heavy (non-hydrogen) atoms. The van der Waals surface area contributed by atoms with Crippen molar-refractivity contribution in [2.45, 2.75) is 32.6 Å². The highest BCUT2D eigenvalue weighted by atomic mass is 16.5.